The van der Waals surface area contributed by atoms with Gasteiger partial charge in [-0.25, -0.2) is 4.98 Å². The number of amides is 1. The Kier molecular flexibility index (Phi) is 3.24. The molecule has 0 atom stereocenters. The van der Waals surface area contributed by atoms with Crippen LogP contribution in [0.5, 0.6) is 11.8 Å². The Bertz CT molecular complexity index is 1130. The zero-order valence-corrected chi connectivity index (χ0v) is 13.3. The molecule has 0 saturated heterocycles. The Morgan fingerprint density at radius 1 is 1.24 bits per heavy atom. The highest BCUT2D eigenvalue weighted by Crippen LogP contribution is 2.28. The van der Waals surface area contributed by atoms with E-state index in [1.807, 2.05) is 6.07 Å². The largest absolute Gasteiger partial charge is 0.424 e. The Hall–Kier alpha value is -3.68. The molecule has 25 heavy (non-hydrogen) atoms. The Morgan fingerprint density at radius 3 is 2.84 bits per heavy atom. The zero-order chi connectivity index (χ0) is 17.6. The number of nitrogens with zero attached hydrogens (tertiary/aromatic N) is 4. The van der Waals surface area contributed by atoms with Crippen molar-refractivity contribution >= 4 is 33.4 Å². The number of benzene rings is 2. The quantitative estimate of drug-likeness (QED) is 0.552. The topological polar surface area (TPSA) is 122 Å². The predicted molar refractivity (Wildman–Crippen MR) is 93.3 cm³/mol. The minimum Gasteiger partial charge on any atom is -0.424 e. The average molecular weight is 334 g/mol. The van der Waals surface area contributed by atoms with E-state index in [-0.39, 0.29) is 11.7 Å². The van der Waals surface area contributed by atoms with Gasteiger partial charge in [0.25, 0.3) is 5.91 Å². The Labute approximate surface area is 142 Å². The predicted octanol–water partition coefficient (Wildman–Crippen LogP) is 1.99. The summed E-state index contributed by atoms with van der Waals surface area (Å²) < 4.78 is 7.27. The van der Waals surface area contributed by atoms with Crippen molar-refractivity contribution in [3.8, 4) is 11.8 Å². The van der Waals surface area contributed by atoms with Gasteiger partial charge in [-0.3, -0.25) is 9.48 Å². The molecule has 2 aromatic heterocycles. The molecular weight excluding hydrogens is 320 g/mol. The molecule has 8 nitrogen and oxygen atoms in total. The van der Waals surface area contributed by atoms with E-state index in [0.717, 1.165) is 5.39 Å². The molecule has 0 spiro atoms. The lowest BCUT2D eigenvalue weighted by molar-refractivity contribution is 0.0996. The summed E-state index contributed by atoms with van der Waals surface area (Å²) in [5, 5.41) is 5.62. The third kappa shape index (κ3) is 2.49. The number of carbonyl (C=O) groups excluding carboxylic acids is 1. The minimum atomic E-state index is -0.588. The molecule has 0 saturated carbocycles. The molecule has 2 aromatic carbocycles. The van der Waals surface area contributed by atoms with Crippen LogP contribution in [0.4, 0.5) is 5.69 Å². The van der Waals surface area contributed by atoms with E-state index in [0.29, 0.717) is 27.9 Å². The van der Waals surface area contributed by atoms with Crippen LogP contribution in [0.3, 0.4) is 0 Å². The number of aryl methyl sites for hydroxylation is 1. The number of rotatable bonds is 3. The Balaban J connectivity index is 1.89. The molecule has 0 aliphatic carbocycles. The number of ether oxygens (including phenoxy) is 1. The lowest BCUT2D eigenvalue weighted by Crippen LogP contribution is -2.12. The third-order valence-electron chi connectivity index (χ3n) is 3.83. The highest BCUT2D eigenvalue weighted by atomic mass is 16.5. The van der Waals surface area contributed by atoms with E-state index in [2.05, 4.69) is 15.1 Å². The van der Waals surface area contributed by atoms with Crippen LogP contribution in [0, 0.1) is 0 Å². The van der Waals surface area contributed by atoms with Gasteiger partial charge in [-0.05, 0) is 18.2 Å². The second kappa shape index (κ2) is 5.45. The molecule has 124 valence electrons. The normalized spacial score (nSPS) is 11.1. The van der Waals surface area contributed by atoms with Gasteiger partial charge in [-0.2, -0.15) is 10.1 Å². The van der Waals surface area contributed by atoms with Crippen LogP contribution in [0.1, 0.15) is 10.5 Å². The number of nitrogens with two attached hydrogens (primary N) is 2. The van der Waals surface area contributed by atoms with Gasteiger partial charge in [0, 0.05) is 35.8 Å². The second-order valence-electron chi connectivity index (χ2n) is 5.56. The summed E-state index contributed by atoms with van der Waals surface area (Å²) in [4.78, 5) is 20.3. The van der Waals surface area contributed by atoms with Crippen molar-refractivity contribution in [2.24, 2.45) is 12.8 Å². The van der Waals surface area contributed by atoms with E-state index in [1.54, 1.807) is 48.3 Å². The number of hydrogen-bond donors (Lipinski definition) is 2. The van der Waals surface area contributed by atoms with Crippen LogP contribution in [-0.4, -0.2) is 25.7 Å². The number of nitrogen functional groups attached to an aromatic ring is 1. The van der Waals surface area contributed by atoms with Gasteiger partial charge in [0.05, 0.1) is 5.52 Å². The number of carbonyl (C=O) groups is 1. The van der Waals surface area contributed by atoms with Crippen LogP contribution in [0.2, 0.25) is 0 Å². The van der Waals surface area contributed by atoms with Crippen LogP contribution in [0.25, 0.3) is 21.8 Å². The summed E-state index contributed by atoms with van der Waals surface area (Å²) in [5.74, 6) is -0.0513. The maximum absolute atomic E-state index is 11.6. The van der Waals surface area contributed by atoms with Crippen LogP contribution >= 0.6 is 0 Å². The number of hydrogen-bond acceptors (Lipinski definition) is 6. The second-order valence-corrected chi connectivity index (χ2v) is 5.56. The first-order valence-electron chi connectivity index (χ1n) is 7.48. The molecule has 4 N–H and O–H groups in total. The van der Waals surface area contributed by atoms with E-state index < -0.39 is 5.91 Å². The van der Waals surface area contributed by atoms with Crippen molar-refractivity contribution in [1.29, 1.82) is 0 Å². The van der Waals surface area contributed by atoms with E-state index >= 15 is 0 Å². The molecule has 1 amide bonds. The first kappa shape index (κ1) is 14.9. The van der Waals surface area contributed by atoms with Gasteiger partial charge in [0.15, 0.2) is 5.69 Å². The first-order valence-corrected chi connectivity index (χ1v) is 7.48. The van der Waals surface area contributed by atoms with Crippen molar-refractivity contribution in [3.63, 3.8) is 0 Å². The molecule has 0 radical (unpaired) electrons. The van der Waals surface area contributed by atoms with Crippen LogP contribution in [0.15, 0.2) is 42.6 Å². The highest BCUT2D eigenvalue weighted by Gasteiger charge is 2.17. The number of anilines is 1. The van der Waals surface area contributed by atoms with Crippen LogP contribution < -0.4 is 16.2 Å². The van der Waals surface area contributed by atoms with Crippen molar-refractivity contribution in [2.45, 2.75) is 0 Å². The molecule has 4 aromatic rings. The van der Waals surface area contributed by atoms with Gasteiger partial charge in [-0.1, -0.05) is 12.1 Å². The smallest absolute Gasteiger partial charge is 0.322 e. The molecule has 0 aliphatic heterocycles. The SMILES string of the molecule is Cn1nc(C(N)=O)c2ccc3cnc(Oc4cccc(N)c4)nc3c21. The van der Waals surface area contributed by atoms with Gasteiger partial charge in [0.1, 0.15) is 11.3 Å². The molecule has 0 unspecified atom stereocenters. The summed E-state index contributed by atoms with van der Waals surface area (Å²) in [5.41, 5.74) is 13.2. The lowest BCUT2D eigenvalue weighted by Gasteiger charge is -2.06. The average Bonchev–Trinajstić information content (AvgIpc) is 2.92. The Morgan fingerprint density at radius 2 is 2.08 bits per heavy atom. The fourth-order valence-electron chi connectivity index (χ4n) is 2.75. The number of fused-ring (bicyclic) bond motifs is 3. The molecule has 2 heterocycles. The summed E-state index contributed by atoms with van der Waals surface area (Å²) in [6.07, 6.45) is 1.65. The fraction of sp³-hybridized carbons (Fsp3) is 0.0588. The highest BCUT2D eigenvalue weighted by molar-refractivity contribution is 6.11. The summed E-state index contributed by atoms with van der Waals surface area (Å²) >= 11 is 0. The van der Waals surface area contributed by atoms with Gasteiger partial charge < -0.3 is 16.2 Å². The monoisotopic (exact) mass is 334 g/mol. The zero-order valence-electron chi connectivity index (χ0n) is 13.3. The van der Waals surface area contributed by atoms with Crippen molar-refractivity contribution in [1.82, 2.24) is 19.7 Å². The first-order chi connectivity index (χ1) is 12.0. The van der Waals surface area contributed by atoms with Crippen LogP contribution in [-0.2, 0) is 7.05 Å². The summed E-state index contributed by atoms with van der Waals surface area (Å²) in [7, 11) is 1.73. The molecule has 0 aliphatic rings. The summed E-state index contributed by atoms with van der Waals surface area (Å²) in [6.45, 7) is 0. The van der Waals surface area contributed by atoms with E-state index in [1.165, 1.54) is 0 Å². The number of aromatic nitrogens is 4. The van der Waals surface area contributed by atoms with Crippen molar-refractivity contribution in [3.05, 3.63) is 48.3 Å². The fourth-order valence-corrected chi connectivity index (χ4v) is 2.75. The standard InChI is InChI=1S/C17H14N6O2/c1-23-15-12(14(22-23)16(19)24)6-5-9-8-20-17(21-13(9)15)25-11-4-2-3-10(18)7-11/h2-8H,18H2,1H3,(H2,19,24). The maximum atomic E-state index is 11.6. The molecule has 8 heteroatoms. The third-order valence-corrected chi connectivity index (χ3v) is 3.83. The summed E-state index contributed by atoms with van der Waals surface area (Å²) in [6, 6.07) is 10.8. The van der Waals surface area contributed by atoms with Crippen molar-refractivity contribution in [2.75, 3.05) is 5.73 Å². The molecule has 0 fully saturated rings. The lowest BCUT2D eigenvalue weighted by atomic mass is 10.1. The molecule has 4 rings (SSSR count). The van der Waals surface area contributed by atoms with E-state index in [9.17, 15) is 4.79 Å². The van der Waals surface area contributed by atoms with Gasteiger partial charge >= 0.3 is 6.01 Å². The molecular formula is C17H14N6O2. The van der Waals surface area contributed by atoms with Gasteiger partial charge in [0.2, 0.25) is 0 Å². The van der Waals surface area contributed by atoms with Gasteiger partial charge in [-0.15, -0.1) is 0 Å². The van der Waals surface area contributed by atoms with Crippen molar-refractivity contribution < 1.29 is 9.53 Å². The van der Waals surface area contributed by atoms with E-state index in [4.69, 9.17) is 16.2 Å². The minimum absolute atomic E-state index is 0.174. The number of primary amides is 1. The molecule has 0 bridgehead atoms. The maximum Gasteiger partial charge on any atom is 0.322 e.